The predicted molar refractivity (Wildman–Crippen MR) is 104 cm³/mol. The van der Waals surface area contributed by atoms with Crippen molar-refractivity contribution in [1.29, 1.82) is 0 Å². The van der Waals surface area contributed by atoms with Gasteiger partial charge >= 0.3 is 0 Å². The number of halogens is 1. The van der Waals surface area contributed by atoms with Crippen molar-refractivity contribution in [3.05, 3.63) is 39.6 Å². The lowest BCUT2D eigenvalue weighted by molar-refractivity contribution is 0.484. The van der Waals surface area contributed by atoms with Crippen LogP contribution in [0.4, 0.5) is 5.69 Å². The topological polar surface area (TPSA) is 98.1 Å². The van der Waals surface area contributed by atoms with Crippen LogP contribution in [0.25, 0.3) is 0 Å². The van der Waals surface area contributed by atoms with Gasteiger partial charge in [0.15, 0.2) is 9.84 Å². The van der Waals surface area contributed by atoms with Crippen LogP contribution in [0.1, 0.15) is 29.4 Å². The van der Waals surface area contributed by atoms with Gasteiger partial charge in [-0.15, -0.1) is 0 Å². The summed E-state index contributed by atoms with van der Waals surface area (Å²) in [4.78, 5) is 0.0994. The third-order valence-electron chi connectivity index (χ3n) is 4.49. The van der Waals surface area contributed by atoms with Crippen molar-refractivity contribution in [2.75, 3.05) is 16.2 Å². The molecule has 1 aromatic heterocycles. The zero-order valence-electron chi connectivity index (χ0n) is 14.7. The van der Waals surface area contributed by atoms with Gasteiger partial charge in [-0.25, -0.2) is 16.8 Å². The molecule has 26 heavy (non-hydrogen) atoms. The average molecular weight is 462 g/mol. The lowest BCUT2D eigenvalue weighted by Gasteiger charge is -2.12. The van der Waals surface area contributed by atoms with Gasteiger partial charge in [0.1, 0.15) is 4.90 Å². The molecule has 1 atom stereocenters. The molecule has 1 aliphatic rings. The number of nitrogens with zero attached hydrogens (tertiary/aromatic N) is 2. The van der Waals surface area contributed by atoms with Crippen molar-refractivity contribution in [2.24, 2.45) is 0 Å². The van der Waals surface area contributed by atoms with E-state index in [0.717, 1.165) is 10.0 Å². The Morgan fingerprint density at radius 2 is 1.96 bits per heavy atom. The fraction of sp³-hybridized carbons (Fsp3) is 0.438. The summed E-state index contributed by atoms with van der Waals surface area (Å²) in [7, 11) is -6.93. The Hall–Kier alpha value is -1.39. The highest BCUT2D eigenvalue weighted by atomic mass is 79.9. The van der Waals surface area contributed by atoms with E-state index >= 15 is 0 Å². The Morgan fingerprint density at radius 3 is 2.54 bits per heavy atom. The minimum atomic E-state index is -3.84. The maximum Gasteiger partial charge on any atom is 0.265 e. The van der Waals surface area contributed by atoms with E-state index in [1.807, 2.05) is 6.92 Å². The Bertz CT molecular complexity index is 1080. The summed E-state index contributed by atoms with van der Waals surface area (Å²) in [6.07, 6.45) is 0.448. The molecule has 1 saturated heterocycles. The number of hydrogen-bond donors (Lipinski definition) is 1. The van der Waals surface area contributed by atoms with E-state index in [2.05, 4.69) is 25.8 Å². The second-order valence-corrected chi connectivity index (χ2v) is 11.3. The molecule has 1 fully saturated rings. The SMILES string of the molecule is Cc1cc(NS(=O)(=O)c2c(C)nn([C@H]3CCS(=O)(=O)C3)c2C)ccc1Br. The molecule has 2 heterocycles. The Kier molecular flexibility index (Phi) is 4.95. The summed E-state index contributed by atoms with van der Waals surface area (Å²) < 4.78 is 54.3. The highest BCUT2D eigenvalue weighted by molar-refractivity contribution is 9.10. The zero-order valence-corrected chi connectivity index (χ0v) is 17.9. The first-order valence-electron chi connectivity index (χ1n) is 8.05. The van der Waals surface area contributed by atoms with E-state index in [1.165, 1.54) is 0 Å². The first kappa shape index (κ1) is 19.4. The van der Waals surface area contributed by atoms with Crippen LogP contribution in [-0.2, 0) is 19.9 Å². The van der Waals surface area contributed by atoms with Crippen molar-refractivity contribution in [2.45, 2.75) is 38.1 Å². The molecule has 2 aromatic rings. The molecule has 1 N–H and O–H groups in total. The number of anilines is 1. The summed E-state index contributed by atoms with van der Waals surface area (Å²) in [5.74, 6) is 0.0995. The third kappa shape index (κ3) is 3.67. The van der Waals surface area contributed by atoms with Gasteiger partial charge in [0.2, 0.25) is 0 Å². The van der Waals surface area contributed by atoms with Gasteiger partial charge in [0.05, 0.1) is 28.9 Å². The molecular weight excluding hydrogens is 442 g/mol. The van der Waals surface area contributed by atoms with Crippen LogP contribution in [0, 0.1) is 20.8 Å². The molecule has 0 unspecified atom stereocenters. The first-order chi connectivity index (χ1) is 12.0. The van der Waals surface area contributed by atoms with Crippen LogP contribution in [-0.4, -0.2) is 38.1 Å². The summed E-state index contributed by atoms with van der Waals surface area (Å²) in [5, 5.41) is 4.32. The smallest absolute Gasteiger partial charge is 0.265 e. The fourth-order valence-corrected chi connectivity index (χ4v) is 6.67. The number of aromatic nitrogens is 2. The zero-order chi connectivity index (χ0) is 19.3. The number of nitrogens with one attached hydrogen (secondary N) is 1. The predicted octanol–water partition coefficient (Wildman–Crippen LogP) is 2.73. The lowest BCUT2D eigenvalue weighted by atomic mass is 10.2. The maximum absolute atomic E-state index is 12.9. The van der Waals surface area contributed by atoms with E-state index < -0.39 is 19.9 Å². The first-order valence-corrected chi connectivity index (χ1v) is 12.1. The van der Waals surface area contributed by atoms with Gasteiger partial charge in [-0.2, -0.15) is 5.10 Å². The van der Waals surface area contributed by atoms with E-state index in [0.29, 0.717) is 23.5 Å². The van der Waals surface area contributed by atoms with Crippen molar-refractivity contribution >= 4 is 41.5 Å². The van der Waals surface area contributed by atoms with Crippen molar-refractivity contribution in [3.63, 3.8) is 0 Å². The quantitative estimate of drug-likeness (QED) is 0.754. The van der Waals surface area contributed by atoms with Gasteiger partial charge < -0.3 is 0 Å². The van der Waals surface area contributed by atoms with Gasteiger partial charge in [-0.1, -0.05) is 15.9 Å². The normalized spacial score (nSPS) is 19.6. The molecule has 0 bridgehead atoms. The molecule has 3 rings (SSSR count). The number of sulfonamides is 1. The van der Waals surface area contributed by atoms with Crippen molar-refractivity contribution in [1.82, 2.24) is 9.78 Å². The third-order valence-corrected chi connectivity index (χ3v) is 8.76. The van der Waals surface area contributed by atoms with Crippen LogP contribution < -0.4 is 4.72 Å². The minimum Gasteiger partial charge on any atom is -0.280 e. The Morgan fingerprint density at radius 1 is 1.27 bits per heavy atom. The highest BCUT2D eigenvalue weighted by Gasteiger charge is 2.33. The molecule has 0 spiro atoms. The van der Waals surface area contributed by atoms with Crippen LogP contribution in [0.5, 0.6) is 0 Å². The van der Waals surface area contributed by atoms with Gasteiger partial charge in [-0.05, 0) is 51.0 Å². The molecule has 0 saturated carbocycles. The second kappa shape index (κ2) is 6.65. The van der Waals surface area contributed by atoms with Gasteiger partial charge in [0.25, 0.3) is 10.0 Å². The van der Waals surface area contributed by atoms with E-state index in [9.17, 15) is 16.8 Å². The van der Waals surface area contributed by atoms with Gasteiger partial charge in [-0.3, -0.25) is 9.40 Å². The molecule has 10 heteroatoms. The molecule has 0 aliphatic carbocycles. The van der Waals surface area contributed by atoms with Crippen LogP contribution >= 0.6 is 15.9 Å². The summed E-state index contributed by atoms with van der Waals surface area (Å²) in [5.41, 5.74) is 2.17. The molecule has 0 amide bonds. The maximum atomic E-state index is 12.9. The van der Waals surface area contributed by atoms with Crippen LogP contribution in [0.2, 0.25) is 0 Å². The summed E-state index contributed by atoms with van der Waals surface area (Å²) in [6, 6.07) is 4.87. The van der Waals surface area contributed by atoms with E-state index in [4.69, 9.17) is 0 Å². The Balaban J connectivity index is 1.96. The minimum absolute atomic E-state index is 0.00617. The lowest BCUT2D eigenvalue weighted by Crippen LogP contribution is -2.17. The average Bonchev–Trinajstić information content (AvgIpc) is 3.02. The van der Waals surface area contributed by atoms with Gasteiger partial charge in [0, 0.05) is 10.2 Å². The highest BCUT2D eigenvalue weighted by Crippen LogP contribution is 2.30. The number of benzene rings is 1. The molecule has 0 radical (unpaired) electrons. The number of rotatable bonds is 4. The van der Waals surface area contributed by atoms with Crippen molar-refractivity contribution < 1.29 is 16.8 Å². The molecule has 1 aliphatic heterocycles. The monoisotopic (exact) mass is 461 g/mol. The summed E-state index contributed by atoms with van der Waals surface area (Å²) in [6.45, 7) is 5.15. The second-order valence-electron chi connectivity index (χ2n) is 6.57. The van der Waals surface area contributed by atoms with Crippen LogP contribution in [0.15, 0.2) is 27.6 Å². The van der Waals surface area contributed by atoms with E-state index in [1.54, 1.807) is 36.7 Å². The van der Waals surface area contributed by atoms with Crippen LogP contribution in [0.3, 0.4) is 0 Å². The number of aryl methyl sites for hydroxylation is 2. The largest absolute Gasteiger partial charge is 0.280 e. The summed E-state index contributed by atoms with van der Waals surface area (Å²) >= 11 is 3.39. The number of sulfone groups is 1. The fourth-order valence-electron chi connectivity index (χ4n) is 3.27. The molecule has 7 nitrogen and oxygen atoms in total. The molecule has 142 valence electrons. The molecule has 1 aromatic carbocycles. The van der Waals surface area contributed by atoms with Crippen molar-refractivity contribution in [3.8, 4) is 0 Å². The standard InChI is InChI=1S/C16H20BrN3O4S2/c1-10-8-13(4-5-15(10)17)19-26(23,24)16-11(2)18-20(12(16)3)14-6-7-25(21,22)9-14/h4-5,8,14,19H,6-7,9H2,1-3H3/t14-/m0/s1. The number of hydrogen-bond acceptors (Lipinski definition) is 5. The Labute approximate surface area is 161 Å². The van der Waals surface area contributed by atoms with E-state index in [-0.39, 0.29) is 22.4 Å². The molecular formula is C16H20BrN3O4S2.